The molecule has 0 saturated carbocycles. The molecule has 2 rings (SSSR count). The zero-order valence-electron chi connectivity index (χ0n) is 32.3. The molecule has 0 fully saturated rings. The Kier molecular flexibility index (Phi) is 27.3. The van der Waals surface area contributed by atoms with Crippen LogP contribution in [0.15, 0.2) is 24.3 Å². The van der Waals surface area contributed by atoms with Crippen LogP contribution in [-0.2, 0) is 66.8 Å². The third-order valence-corrected chi connectivity index (χ3v) is 6.91. The van der Waals surface area contributed by atoms with E-state index in [1.54, 1.807) is 13.8 Å². The predicted octanol–water partition coefficient (Wildman–Crippen LogP) is -6.05. The van der Waals surface area contributed by atoms with E-state index >= 15 is 0 Å². The summed E-state index contributed by atoms with van der Waals surface area (Å²) < 4.78 is 27.0. The molecule has 0 unspecified atom stereocenters. The van der Waals surface area contributed by atoms with E-state index in [2.05, 4.69) is 28.4 Å². The molecule has 0 saturated heterocycles. The molecular formula is C34H52O24. The molecule has 58 heavy (non-hydrogen) atoms. The van der Waals surface area contributed by atoms with Crippen molar-refractivity contribution in [2.45, 2.75) is 115 Å². The van der Waals surface area contributed by atoms with Crippen LogP contribution >= 0.6 is 0 Å². The molecule has 332 valence electrons. The third-order valence-electron chi connectivity index (χ3n) is 6.91. The molecule has 0 amide bonds. The van der Waals surface area contributed by atoms with E-state index in [-0.39, 0.29) is 26.4 Å². The number of cyclic esters (lactones) is 2. The summed E-state index contributed by atoms with van der Waals surface area (Å²) in [5.41, 5.74) is 0. The maximum Gasteiger partial charge on any atom is 0.339 e. The molecular weight excluding hydrogens is 792 g/mol. The smallest absolute Gasteiger partial charge is 0.339 e. The van der Waals surface area contributed by atoms with Gasteiger partial charge in [0.2, 0.25) is 0 Å². The van der Waals surface area contributed by atoms with Gasteiger partial charge in [-0.15, -0.1) is 0 Å². The Morgan fingerprint density at radius 2 is 0.724 bits per heavy atom. The van der Waals surface area contributed by atoms with Gasteiger partial charge in [0.15, 0.2) is 48.2 Å². The van der Waals surface area contributed by atoms with Crippen molar-refractivity contribution in [3.05, 3.63) is 24.3 Å². The minimum Gasteiger partial charge on any atom is -0.464 e. The standard InChI is InChI=1S/2C9H16O7.2C8H10O5/c2*1-3-16-9(15)8(14)7(13)6(12)5(11)4(2)10;2*1-2-12-8(11)7(10)5-3-4-6(9)13-5/h2*5-8,11-14H,3H2,1-2H3;2*3-5,7,10H,2H2,1H3/t2*5-,6-,7+,8-;2*5-,7+/m1100/s1. The number of carbonyl (C=O) groups is 8. The van der Waals surface area contributed by atoms with Crippen molar-refractivity contribution in [1.82, 2.24) is 0 Å². The Labute approximate surface area is 330 Å². The van der Waals surface area contributed by atoms with Crippen molar-refractivity contribution in [2.24, 2.45) is 0 Å². The molecule has 0 aromatic rings. The number of aliphatic hydroxyl groups is 10. The minimum atomic E-state index is -2.01. The summed E-state index contributed by atoms with van der Waals surface area (Å²) in [6.07, 6.45) is -15.3. The highest BCUT2D eigenvalue weighted by Crippen LogP contribution is 2.12. The lowest BCUT2D eigenvalue weighted by Crippen LogP contribution is -2.50. The van der Waals surface area contributed by atoms with E-state index in [9.17, 15) is 79.2 Å². The second kappa shape index (κ2) is 28.6. The maximum absolute atomic E-state index is 11.0. The number of ketones is 2. The molecule has 0 bridgehead atoms. The Hall–Kier alpha value is -4.76. The average molecular weight is 845 g/mol. The molecule has 0 aliphatic carbocycles. The Bertz CT molecular complexity index is 1310. The first kappa shape index (κ1) is 55.3. The van der Waals surface area contributed by atoms with E-state index in [1.165, 1.54) is 26.0 Å². The fourth-order valence-electron chi connectivity index (χ4n) is 3.80. The summed E-state index contributed by atoms with van der Waals surface area (Å²) in [4.78, 5) is 86.3. The Morgan fingerprint density at radius 3 is 0.931 bits per heavy atom. The molecule has 12 atom stereocenters. The minimum absolute atomic E-state index is 0.00598. The van der Waals surface area contributed by atoms with E-state index in [0.717, 1.165) is 26.0 Å². The van der Waals surface area contributed by atoms with Gasteiger partial charge in [0.05, 0.1) is 26.4 Å². The van der Waals surface area contributed by atoms with Gasteiger partial charge in [0.25, 0.3) is 0 Å². The topological polar surface area (TPSA) is 394 Å². The molecule has 2 aliphatic rings. The quantitative estimate of drug-likeness (QED) is 0.0453. The van der Waals surface area contributed by atoms with E-state index < -0.39 is 121 Å². The number of hydrogen-bond acceptors (Lipinski definition) is 24. The lowest BCUT2D eigenvalue weighted by Gasteiger charge is -2.23. The Morgan fingerprint density at radius 1 is 0.483 bits per heavy atom. The normalized spacial score (nSPS) is 20.3. The van der Waals surface area contributed by atoms with Crippen LogP contribution in [0.3, 0.4) is 0 Å². The highest BCUT2D eigenvalue weighted by atomic mass is 16.6. The van der Waals surface area contributed by atoms with Gasteiger partial charge < -0.3 is 79.5 Å². The first-order valence-corrected chi connectivity index (χ1v) is 17.2. The summed E-state index contributed by atoms with van der Waals surface area (Å²) >= 11 is 0. The van der Waals surface area contributed by atoms with Gasteiger partial charge in [0.1, 0.15) is 36.6 Å². The van der Waals surface area contributed by atoms with Crippen LogP contribution in [0.25, 0.3) is 0 Å². The Balaban J connectivity index is 0. The van der Waals surface area contributed by atoms with Gasteiger partial charge in [0, 0.05) is 12.2 Å². The van der Waals surface area contributed by atoms with Crippen LogP contribution < -0.4 is 0 Å². The van der Waals surface area contributed by atoms with Crippen molar-refractivity contribution in [1.29, 1.82) is 0 Å². The van der Waals surface area contributed by atoms with Crippen LogP contribution in [0, 0.1) is 0 Å². The number of carbonyl (C=O) groups excluding carboxylic acids is 8. The summed E-state index contributed by atoms with van der Waals surface area (Å²) in [5.74, 6) is -6.54. The van der Waals surface area contributed by atoms with Gasteiger partial charge in [-0.1, -0.05) is 0 Å². The van der Waals surface area contributed by atoms with Gasteiger partial charge in [-0.3, -0.25) is 9.59 Å². The first-order chi connectivity index (χ1) is 26.9. The molecule has 10 N–H and O–H groups in total. The SMILES string of the molecule is CCOC(=O)[C@H](O)[C@@H](O)[C@H](O)[C@H](O)C(C)=O.CCOC(=O)[C@H](O)[C@@H](O)[C@H](O)[C@H](O)C(C)=O.CCOC(=O)[C@H](O)[C@@H]1C=CC(=O)O1.CCOC(=O)[C@H](O)[C@@H]1C=CC(=O)O1. The van der Waals surface area contributed by atoms with E-state index in [0.29, 0.717) is 0 Å². The van der Waals surface area contributed by atoms with Crippen molar-refractivity contribution in [3.8, 4) is 0 Å². The van der Waals surface area contributed by atoms with Crippen LogP contribution in [-0.4, -0.2) is 198 Å². The molecule has 24 heteroatoms. The summed E-state index contributed by atoms with van der Waals surface area (Å²) in [6.45, 7) is 8.59. The summed E-state index contributed by atoms with van der Waals surface area (Å²) in [5, 5.41) is 92.2. The molecule has 0 spiro atoms. The zero-order valence-corrected chi connectivity index (χ0v) is 32.3. The molecule has 0 radical (unpaired) electrons. The third kappa shape index (κ3) is 19.6. The molecule has 24 nitrogen and oxygen atoms in total. The number of rotatable bonds is 18. The zero-order chi connectivity index (χ0) is 45.4. The number of hydrogen-bond donors (Lipinski definition) is 10. The average Bonchev–Trinajstić information content (AvgIpc) is 3.83. The number of aliphatic hydroxyl groups excluding tert-OH is 10. The maximum atomic E-state index is 11.0. The predicted molar refractivity (Wildman–Crippen MR) is 186 cm³/mol. The van der Waals surface area contributed by atoms with Crippen LogP contribution in [0.5, 0.6) is 0 Å². The monoisotopic (exact) mass is 844 g/mol. The summed E-state index contributed by atoms with van der Waals surface area (Å²) in [6, 6.07) is 0. The molecule has 0 aromatic heterocycles. The number of Topliss-reactive ketones (excluding diaryl/α,β-unsaturated/α-hetero) is 2. The second-order valence-electron chi connectivity index (χ2n) is 11.4. The number of ether oxygens (including phenoxy) is 6. The second-order valence-corrected chi connectivity index (χ2v) is 11.4. The highest BCUT2D eigenvalue weighted by molar-refractivity contribution is 5.87. The van der Waals surface area contributed by atoms with Gasteiger partial charge in [-0.05, 0) is 53.7 Å². The molecule has 0 aromatic carbocycles. The van der Waals surface area contributed by atoms with Crippen molar-refractivity contribution < 1.29 is 118 Å². The molecule has 2 heterocycles. The lowest BCUT2D eigenvalue weighted by atomic mass is 10.0. The van der Waals surface area contributed by atoms with Gasteiger partial charge in [-0.2, -0.15) is 0 Å². The van der Waals surface area contributed by atoms with E-state index in [1.807, 2.05) is 0 Å². The van der Waals surface area contributed by atoms with E-state index in [4.69, 9.17) is 10.2 Å². The van der Waals surface area contributed by atoms with Crippen molar-refractivity contribution in [2.75, 3.05) is 26.4 Å². The van der Waals surface area contributed by atoms with Gasteiger partial charge in [-0.25, -0.2) is 28.8 Å². The largest absolute Gasteiger partial charge is 0.464 e. The highest BCUT2D eigenvalue weighted by Gasteiger charge is 2.38. The first-order valence-electron chi connectivity index (χ1n) is 17.2. The van der Waals surface area contributed by atoms with Crippen LogP contribution in [0.1, 0.15) is 41.5 Å². The van der Waals surface area contributed by atoms with Gasteiger partial charge >= 0.3 is 35.8 Å². The van der Waals surface area contributed by atoms with Crippen molar-refractivity contribution in [3.63, 3.8) is 0 Å². The number of esters is 6. The fourth-order valence-corrected chi connectivity index (χ4v) is 3.80. The molecule has 2 aliphatic heterocycles. The van der Waals surface area contributed by atoms with Crippen molar-refractivity contribution >= 4 is 47.4 Å². The van der Waals surface area contributed by atoms with Crippen LogP contribution in [0.2, 0.25) is 0 Å². The fraction of sp³-hybridized carbons (Fsp3) is 0.647. The summed E-state index contributed by atoms with van der Waals surface area (Å²) in [7, 11) is 0. The van der Waals surface area contributed by atoms with Crippen LogP contribution in [0.4, 0.5) is 0 Å². The lowest BCUT2D eigenvalue weighted by molar-refractivity contribution is -0.170.